The smallest absolute Gasteiger partial charge is 0.302 e. The molecule has 0 amide bonds. The van der Waals surface area contributed by atoms with Crippen LogP contribution in [-0.2, 0) is 14.3 Å². The number of carbonyl (C=O) groups excluding carboxylic acids is 2. The number of rotatable bonds is 6. The van der Waals surface area contributed by atoms with E-state index in [1.165, 1.54) is 12.5 Å². The Kier molecular flexibility index (Phi) is 8.36. The highest BCUT2D eigenvalue weighted by Crippen LogP contribution is 2.65. The summed E-state index contributed by atoms with van der Waals surface area (Å²) in [7, 11) is 0. The van der Waals surface area contributed by atoms with E-state index in [1.54, 1.807) is 0 Å². The van der Waals surface area contributed by atoms with Gasteiger partial charge >= 0.3 is 5.97 Å². The SMILES string of the molecule is CC(=O)OC1CCC2(C)C3CC(=O)\C(=C(C)/C=C/C=C(\C)C(O)CC=C(C)C)C3CCC2C1(C)C. The average molecular weight is 483 g/mol. The summed E-state index contributed by atoms with van der Waals surface area (Å²) in [5, 5.41) is 10.3. The van der Waals surface area contributed by atoms with Gasteiger partial charge in [0.05, 0.1) is 6.10 Å². The summed E-state index contributed by atoms with van der Waals surface area (Å²) < 4.78 is 5.75. The zero-order valence-corrected chi connectivity index (χ0v) is 23.1. The fourth-order valence-corrected chi connectivity index (χ4v) is 7.45. The number of carbonyl (C=O) groups is 2. The summed E-state index contributed by atoms with van der Waals surface area (Å²) >= 11 is 0. The van der Waals surface area contributed by atoms with Crippen LogP contribution in [0.3, 0.4) is 0 Å². The molecule has 3 rings (SSSR count). The first-order valence-corrected chi connectivity index (χ1v) is 13.4. The molecule has 194 valence electrons. The maximum Gasteiger partial charge on any atom is 0.302 e. The molecule has 6 atom stereocenters. The van der Waals surface area contributed by atoms with Gasteiger partial charge in [-0.25, -0.2) is 0 Å². The zero-order valence-electron chi connectivity index (χ0n) is 23.1. The first kappa shape index (κ1) is 27.6. The lowest BCUT2D eigenvalue weighted by atomic mass is 9.46. The van der Waals surface area contributed by atoms with Crippen LogP contribution in [0.15, 0.2) is 46.6 Å². The van der Waals surface area contributed by atoms with E-state index >= 15 is 0 Å². The van der Waals surface area contributed by atoms with Crippen LogP contribution in [-0.4, -0.2) is 29.1 Å². The van der Waals surface area contributed by atoms with Gasteiger partial charge < -0.3 is 9.84 Å². The van der Waals surface area contributed by atoms with E-state index in [4.69, 9.17) is 4.74 Å². The summed E-state index contributed by atoms with van der Waals surface area (Å²) in [6, 6.07) is 0. The average Bonchev–Trinajstić information content (AvgIpc) is 3.11. The quantitative estimate of drug-likeness (QED) is 0.194. The predicted octanol–water partition coefficient (Wildman–Crippen LogP) is 6.90. The van der Waals surface area contributed by atoms with Crippen LogP contribution in [0.1, 0.15) is 93.9 Å². The lowest BCUT2D eigenvalue weighted by Crippen LogP contribution is -2.56. The third kappa shape index (κ3) is 5.58. The van der Waals surface area contributed by atoms with Gasteiger partial charge in [-0.15, -0.1) is 0 Å². The minimum absolute atomic E-state index is 0.0477. The van der Waals surface area contributed by atoms with Crippen LogP contribution in [0.2, 0.25) is 0 Å². The standard InChI is InChI=1S/C31H46O4/c1-19(2)12-14-25(33)20(3)10-9-11-21(4)29-23-13-15-27-30(6,7)28(35-22(5)32)16-17-31(27,8)24(23)18-26(29)34/h9-12,23-25,27-28,33H,13-18H2,1-8H3/b11-9+,20-10+,29-21-. The summed E-state index contributed by atoms with van der Waals surface area (Å²) in [6.45, 7) is 16.5. The lowest BCUT2D eigenvalue weighted by Gasteiger charge is -2.60. The molecule has 1 N–H and O–H groups in total. The number of esters is 1. The molecular weight excluding hydrogens is 436 g/mol. The minimum atomic E-state index is -0.485. The maximum atomic E-state index is 13.3. The Morgan fingerprint density at radius 3 is 2.43 bits per heavy atom. The Labute approximate surface area is 212 Å². The van der Waals surface area contributed by atoms with Gasteiger partial charge in [-0.3, -0.25) is 9.59 Å². The molecule has 0 aromatic rings. The van der Waals surface area contributed by atoms with Gasteiger partial charge in [0.1, 0.15) is 6.10 Å². The second-order valence-electron chi connectivity index (χ2n) is 12.3. The fourth-order valence-electron chi connectivity index (χ4n) is 7.45. The Morgan fingerprint density at radius 2 is 1.80 bits per heavy atom. The third-order valence-electron chi connectivity index (χ3n) is 9.36. The molecule has 0 heterocycles. The Morgan fingerprint density at radius 1 is 1.11 bits per heavy atom. The van der Waals surface area contributed by atoms with Crippen molar-refractivity contribution in [3.63, 3.8) is 0 Å². The molecular formula is C31H46O4. The molecule has 3 saturated carbocycles. The second kappa shape index (κ2) is 10.6. The molecule has 0 radical (unpaired) electrons. The topological polar surface area (TPSA) is 63.6 Å². The van der Waals surface area contributed by atoms with Gasteiger partial charge in [-0.2, -0.15) is 0 Å². The van der Waals surface area contributed by atoms with E-state index in [0.717, 1.165) is 42.4 Å². The largest absolute Gasteiger partial charge is 0.462 e. The molecule has 4 heteroatoms. The van der Waals surface area contributed by atoms with E-state index in [-0.39, 0.29) is 22.9 Å². The van der Waals surface area contributed by atoms with Gasteiger partial charge in [-0.05, 0) is 94.1 Å². The number of ether oxygens (including phenoxy) is 1. The second-order valence-corrected chi connectivity index (χ2v) is 12.3. The lowest BCUT2D eigenvalue weighted by molar-refractivity contribution is -0.179. The first-order valence-electron chi connectivity index (χ1n) is 13.4. The number of fused-ring (bicyclic) bond motifs is 3. The van der Waals surface area contributed by atoms with Crippen LogP contribution in [0.25, 0.3) is 0 Å². The Bertz CT molecular complexity index is 958. The minimum Gasteiger partial charge on any atom is -0.462 e. The van der Waals surface area contributed by atoms with E-state index in [2.05, 4.69) is 27.7 Å². The highest BCUT2D eigenvalue weighted by Gasteiger charge is 2.61. The predicted molar refractivity (Wildman–Crippen MR) is 142 cm³/mol. The zero-order chi connectivity index (χ0) is 26.1. The van der Waals surface area contributed by atoms with Crippen LogP contribution in [0, 0.1) is 28.6 Å². The highest BCUT2D eigenvalue weighted by molar-refractivity contribution is 5.99. The number of allylic oxidation sites excluding steroid dienone is 6. The molecule has 3 fully saturated rings. The molecule has 35 heavy (non-hydrogen) atoms. The monoisotopic (exact) mass is 482 g/mol. The number of ketones is 1. The Balaban J connectivity index is 1.80. The van der Waals surface area contributed by atoms with Gasteiger partial charge in [0.25, 0.3) is 0 Å². The van der Waals surface area contributed by atoms with Gasteiger partial charge in [0.15, 0.2) is 5.78 Å². The molecule has 0 aromatic heterocycles. The summed E-state index contributed by atoms with van der Waals surface area (Å²) in [5.41, 5.74) is 4.18. The normalized spacial score (nSPS) is 34.8. The fraction of sp³-hybridized carbons (Fsp3) is 0.677. The summed E-state index contributed by atoms with van der Waals surface area (Å²) in [4.78, 5) is 25.0. The van der Waals surface area contributed by atoms with Gasteiger partial charge in [0.2, 0.25) is 0 Å². The number of aliphatic hydroxyl groups excluding tert-OH is 1. The highest BCUT2D eigenvalue weighted by atomic mass is 16.5. The number of hydrogen-bond acceptors (Lipinski definition) is 4. The van der Waals surface area contributed by atoms with E-state index in [0.29, 0.717) is 36.4 Å². The van der Waals surface area contributed by atoms with E-state index in [1.807, 2.05) is 45.1 Å². The maximum absolute atomic E-state index is 13.3. The molecule has 3 aliphatic rings. The molecule has 0 saturated heterocycles. The molecule has 6 unspecified atom stereocenters. The number of hydrogen-bond donors (Lipinski definition) is 1. The van der Waals surface area contributed by atoms with Crippen molar-refractivity contribution in [3.05, 3.63) is 46.6 Å². The van der Waals surface area contributed by atoms with Crippen molar-refractivity contribution in [2.45, 2.75) is 106 Å². The van der Waals surface area contributed by atoms with Gasteiger partial charge in [0, 0.05) is 24.3 Å². The summed E-state index contributed by atoms with van der Waals surface area (Å²) in [5.74, 6) is 1.20. The summed E-state index contributed by atoms with van der Waals surface area (Å²) in [6.07, 6.45) is 12.7. The molecule has 0 bridgehead atoms. The van der Waals surface area contributed by atoms with Crippen molar-refractivity contribution >= 4 is 11.8 Å². The van der Waals surface area contributed by atoms with E-state index < -0.39 is 6.10 Å². The van der Waals surface area contributed by atoms with Crippen molar-refractivity contribution in [2.75, 3.05) is 0 Å². The Hall–Kier alpha value is -1.94. The van der Waals surface area contributed by atoms with Crippen LogP contribution in [0.4, 0.5) is 0 Å². The molecule has 0 aromatic carbocycles. The van der Waals surface area contributed by atoms with Crippen molar-refractivity contribution in [3.8, 4) is 0 Å². The molecule has 0 aliphatic heterocycles. The molecule has 4 nitrogen and oxygen atoms in total. The van der Waals surface area contributed by atoms with Crippen molar-refractivity contribution in [1.29, 1.82) is 0 Å². The molecule has 0 spiro atoms. The van der Waals surface area contributed by atoms with E-state index in [9.17, 15) is 14.7 Å². The molecule has 3 aliphatic carbocycles. The first-order chi connectivity index (χ1) is 16.3. The van der Waals surface area contributed by atoms with Crippen molar-refractivity contribution < 1.29 is 19.4 Å². The van der Waals surface area contributed by atoms with Crippen LogP contribution >= 0.6 is 0 Å². The van der Waals surface area contributed by atoms with Crippen molar-refractivity contribution in [1.82, 2.24) is 0 Å². The third-order valence-corrected chi connectivity index (χ3v) is 9.36. The number of Topliss-reactive ketones (excluding diaryl/α,β-unsaturated/α-hetero) is 1. The number of aliphatic hydroxyl groups is 1. The van der Waals surface area contributed by atoms with Crippen molar-refractivity contribution in [2.24, 2.45) is 28.6 Å². The van der Waals surface area contributed by atoms with Crippen LogP contribution < -0.4 is 0 Å². The van der Waals surface area contributed by atoms with Gasteiger partial charge in [-0.1, -0.05) is 50.6 Å². The van der Waals surface area contributed by atoms with Crippen LogP contribution in [0.5, 0.6) is 0 Å².